The topological polar surface area (TPSA) is 628 Å². The lowest BCUT2D eigenvalue weighted by atomic mass is 9.33. The molecule has 7 saturated heterocycles. The first-order valence-electron chi connectivity index (χ1n) is 42.3. The Labute approximate surface area is 719 Å². The van der Waals surface area contributed by atoms with Crippen molar-refractivity contribution >= 4 is 30.0 Å². The third-order valence-electron chi connectivity index (χ3n) is 29.4. The lowest BCUT2D eigenvalue weighted by molar-refractivity contribution is -0.398. The molecule has 42 heteroatoms. The van der Waals surface area contributed by atoms with E-state index in [4.69, 9.17) is 90.0 Å². The highest BCUT2D eigenvalue weighted by Crippen LogP contribution is 2.76. The summed E-state index contributed by atoms with van der Waals surface area (Å²) < 4.78 is 116. The number of aliphatic hydroxyl groups is 18. The van der Waals surface area contributed by atoms with Crippen LogP contribution in [-0.4, -0.2) is 391 Å². The molecule has 125 heavy (non-hydrogen) atoms. The van der Waals surface area contributed by atoms with Crippen molar-refractivity contribution in [2.24, 2.45) is 50.2 Å². The molecule has 0 bridgehead atoms. The molecule has 5 aliphatic carbocycles. The van der Waals surface area contributed by atoms with Crippen molar-refractivity contribution in [1.29, 1.82) is 0 Å². The van der Waals surface area contributed by atoms with E-state index in [9.17, 15) is 111 Å². The van der Waals surface area contributed by atoms with Crippen molar-refractivity contribution in [2.75, 3.05) is 74.2 Å². The Morgan fingerprint density at radius 1 is 0.528 bits per heavy atom. The highest BCUT2D eigenvalue weighted by atomic mass is 16.8. The van der Waals surface area contributed by atoms with E-state index in [2.05, 4.69) is 0 Å². The summed E-state index contributed by atoms with van der Waals surface area (Å²) >= 11 is 0. The van der Waals surface area contributed by atoms with Crippen LogP contribution in [0.2, 0.25) is 0 Å². The van der Waals surface area contributed by atoms with Crippen molar-refractivity contribution in [3.8, 4) is 17.2 Å². The number of allylic oxidation sites excluding steroid dienone is 1. The number of aliphatic hydroxyl groups excluding tert-OH is 16. The predicted molar refractivity (Wildman–Crippen MR) is 413 cm³/mol. The number of carbonyl (C=O) groups is 4. The Hall–Kier alpha value is -5.26. The van der Waals surface area contributed by atoms with Gasteiger partial charge in [-0.15, -0.1) is 0 Å². The quantitative estimate of drug-likeness (QED) is 0.0129. The number of hydrogen-bond donors (Lipinski definition) is 19. The van der Waals surface area contributed by atoms with E-state index in [1.807, 2.05) is 33.8 Å². The molecule has 40 atom stereocenters. The van der Waals surface area contributed by atoms with Gasteiger partial charge in [0, 0.05) is 18.4 Å². The molecule has 4 saturated carbocycles. The molecule has 0 aromatic heterocycles. The standard InChI is InChI=1S/C83H124O42/c1-34-57(119-67-55(98)59(41(90)27-111-67)120-72-64(100)82(105,30-86)32-112-72)61(121-73-65(101)83(106,31-87)33-113-73)56(99)70(114-34)123-63-62(122-68-53(96)52(95)50(93)45(117-68)28-110-36(3)88)58(118-48(91)15-12-37-22-42(107-9)60(109-11)43(23-37)108-10)35(2)115-71(63)125-75(104)80-19-18-76(4,5)24-39(80)38-13-14-46-77(6)25-40(89)66(124-69-54(97)51(94)49(92)44(26-84)116-69)79(8,74(102)103)47(77)16-17-78(46,7)81(38,29-85)21-20-80/h12-13,15,22-23,34-35,39-41,44-47,49-59,61-73,84-87,89-90,92-101,105-106H,14,16-21,24-33H2,1-11H3,(H,102,103)/b15-12+/t34-,35+,39-,40-,41+,44+,45+,46+,47+,49+,50+,51-,52-,53+,54+,55+,56+,57-,58-,59-,61-,62-,63+,64-,65-,66-,67-,68-,69-,70-,71-,72-,73-,77+,78+,79-,80-,81-,82+,83+/m0/s1. The Morgan fingerprint density at radius 3 is 1.65 bits per heavy atom. The Balaban J connectivity index is 0.884. The first-order valence-corrected chi connectivity index (χ1v) is 42.3. The number of rotatable bonds is 27. The fraction of sp³-hybridized carbons (Fsp3) is 0.831. The highest BCUT2D eigenvalue weighted by Gasteiger charge is 2.75. The van der Waals surface area contributed by atoms with Gasteiger partial charge in [-0.3, -0.25) is 14.4 Å². The lowest BCUT2D eigenvalue weighted by Gasteiger charge is -2.71. The van der Waals surface area contributed by atoms with Crippen molar-refractivity contribution in [2.45, 2.75) is 309 Å². The van der Waals surface area contributed by atoms with E-state index in [-0.39, 0.29) is 62.2 Å². The molecule has 0 radical (unpaired) electrons. The SMILES string of the molecule is COc1cc(/C=C/C(=O)O[C@@H]2[C@H](O[C@@H]3O[C@H](COC(C)=O)[C@@H](O)[C@H](O)[C@H]3O)[C@@H](O[C@@H]3O[C@@H](C)[C@H](O[C@@H]4OC[C@@H](O)[C@H](O[C@@H]5OC[C@](O)(CO)[C@H]5O)[C@H]4O)[C@@H](O[C@@H]4OC[C@](O)(CO)[C@H]4O)[C@H]3O)[C@H](OC(=O)[C@]34CCC(C)(C)C[C@H]3C3=CC[C@@H]5[C@@]6(C)C[C@H](O)[C@H](O[C@@H]7O[C@H](CO)[C@@H](O)[C@H](O)[C@H]7O)[C@@](C)(C(=O)O)[C@@H]6CC[C@@]5(C)[C@]3(CO)CC4)O[C@@H]2C)cc(OC)c1OC. The number of benzene rings is 1. The highest BCUT2D eigenvalue weighted by molar-refractivity contribution is 5.87. The number of ether oxygens (including phenoxy) is 19. The van der Waals surface area contributed by atoms with Gasteiger partial charge in [0.05, 0.1) is 96.7 Å². The number of hydrogen-bond acceptors (Lipinski definition) is 41. The van der Waals surface area contributed by atoms with Gasteiger partial charge in [-0.1, -0.05) is 39.3 Å². The van der Waals surface area contributed by atoms with E-state index in [0.717, 1.165) is 13.0 Å². The van der Waals surface area contributed by atoms with Crippen LogP contribution in [0.1, 0.15) is 119 Å². The third-order valence-corrected chi connectivity index (χ3v) is 29.4. The molecule has 7 heterocycles. The van der Waals surface area contributed by atoms with E-state index in [1.165, 1.54) is 60.3 Å². The van der Waals surface area contributed by atoms with Crippen LogP contribution in [0, 0.1) is 50.2 Å². The third kappa shape index (κ3) is 17.4. The summed E-state index contributed by atoms with van der Waals surface area (Å²) in [6.07, 6.45) is -51.6. The average molecular weight is 1790 g/mol. The summed E-state index contributed by atoms with van der Waals surface area (Å²) in [6, 6.07) is 3.01. The number of methoxy groups -OCH3 is 3. The first kappa shape index (κ1) is 97.3. The normalized spacial score (nSPS) is 47.8. The summed E-state index contributed by atoms with van der Waals surface area (Å²) in [6.45, 7) is 6.98. The maximum absolute atomic E-state index is 16.8. The van der Waals surface area contributed by atoms with Gasteiger partial charge >= 0.3 is 23.9 Å². The molecule has 13 rings (SSSR count). The summed E-state index contributed by atoms with van der Waals surface area (Å²) in [5.74, 6) is -5.81. The summed E-state index contributed by atoms with van der Waals surface area (Å²) in [7, 11) is 4.11. The van der Waals surface area contributed by atoms with Crippen molar-refractivity contribution in [3.05, 3.63) is 35.4 Å². The van der Waals surface area contributed by atoms with Gasteiger partial charge in [-0.2, -0.15) is 0 Å². The number of carbonyl (C=O) groups excluding carboxylic acids is 3. The molecule has 0 spiro atoms. The Bertz CT molecular complexity index is 3980. The smallest absolute Gasteiger partial charge is 0.331 e. The molecule has 0 unspecified atom stereocenters. The molecule has 708 valence electrons. The zero-order chi connectivity index (χ0) is 91.2. The minimum Gasteiger partial charge on any atom is -0.493 e. The van der Waals surface area contributed by atoms with Gasteiger partial charge in [0.15, 0.2) is 61.4 Å². The van der Waals surface area contributed by atoms with Crippen LogP contribution in [0.25, 0.3) is 6.08 Å². The monoisotopic (exact) mass is 1790 g/mol. The van der Waals surface area contributed by atoms with E-state index in [0.29, 0.717) is 24.0 Å². The van der Waals surface area contributed by atoms with E-state index >= 15 is 4.79 Å². The van der Waals surface area contributed by atoms with Crippen LogP contribution in [0.15, 0.2) is 29.9 Å². The molecule has 42 nitrogen and oxygen atoms in total. The second-order valence-corrected chi connectivity index (χ2v) is 37.3. The van der Waals surface area contributed by atoms with E-state index in [1.54, 1.807) is 0 Å². The molecule has 1 aromatic carbocycles. The molecular weight excluding hydrogens is 1670 g/mol. The second-order valence-electron chi connectivity index (χ2n) is 37.3. The van der Waals surface area contributed by atoms with Crippen LogP contribution in [-0.2, 0) is 95.0 Å². The largest absolute Gasteiger partial charge is 0.493 e. The van der Waals surface area contributed by atoms with Gasteiger partial charge in [-0.05, 0) is 136 Å². The Morgan fingerprint density at radius 2 is 1.07 bits per heavy atom. The zero-order valence-corrected chi connectivity index (χ0v) is 71.3. The van der Waals surface area contributed by atoms with Crippen LogP contribution in [0.4, 0.5) is 0 Å². The zero-order valence-electron chi connectivity index (χ0n) is 71.3. The summed E-state index contributed by atoms with van der Waals surface area (Å²) in [5, 5.41) is 216. The number of fused-ring (bicyclic) bond motifs is 7. The van der Waals surface area contributed by atoms with Gasteiger partial charge in [0.1, 0.15) is 128 Å². The molecule has 7 aliphatic heterocycles. The van der Waals surface area contributed by atoms with Crippen molar-refractivity contribution < 1.29 is 206 Å². The summed E-state index contributed by atoms with van der Waals surface area (Å²) in [5.41, 5.74) is -10.8. The number of esters is 3. The molecule has 1 aromatic rings. The fourth-order valence-electron chi connectivity index (χ4n) is 22.1. The van der Waals surface area contributed by atoms with Gasteiger partial charge < -0.3 is 187 Å². The van der Waals surface area contributed by atoms with Gasteiger partial charge in [-0.25, -0.2) is 4.79 Å². The molecule has 19 N–H and O–H groups in total. The minimum absolute atomic E-state index is 0.00676. The van der Waals surface area contributed by atoms with E-state index < -0.39 is 323 Å². The number of carboxylic acid groups (broad SMARTS) is 1. The molecule has 0 amide bonds. The Kier molecular flexibility index (Phi) is 29.1. The first-order chi connectivity index (χ1) is 58.9. The van der Waals surface area contributed by atoms with Gasteiger partial charge in [0.2, 0.25) is 12.0 Å². The van der Waals surface area contributed by atoms with Gasteiger partial charge in [0.25, 0.3) is 0 Å². The average Bonchev–Trinajstić information content (AvgIpc) is 1.12. The maximum Gasteiger partial charge on any atom is 0.331 e. The number of aliphatic carboxylic acids is 1. The van der Waals surface area contributed by atoms with Crippen molar-refractivity contribution in [3.63, 3.8) is 0 Å². The number of carboxylic acids is 1. The fourth-order valence-corrected chi connectivity index (χ4v) is 22.1. The van der Waals surface area contributed by atoms with Crippen LogP contribution < -0.4 is 14.2 Å². The predicted octanol–water partition coefficient (Wildman–Crippen LogP) is -4.72. The molecule has 12 aliphatic rings. The molecule has 11 fully saturated rings. The van der Waals surface area contributed by atoms with Crippen LogP contribution in [0.3, 0.4) is 0 Å². The second kappa shape index (κ2) is 37.4. The molecular formula is C83H124O42. The lowest BCUT2D eigenvalue weighted by Crippen LogP contribution is -2.71. The van der Waals surface area contributed by atoms with Crippen LogP contribution in [0.5, 0.6) is 17.2 Å². The van der Waals surface area contributed by atoms with Crippen LogP contribution >= 0.6 is 0 Å². The van der Waals surface area contributed by atoms with Crippen molar-refractivity contribution in [1.82, 2.24) is 0 Å². The minimum atomic E-state index is -2.40. The maximum atomic E-state index is 16.8. The summed E-state index contributed by atoms with van der Waals surface area (Å²) in [4.78, 5) is 58.1.